The van der Waals surface area contributed by atoms with Crippen molar-refractivity contribution in [1.29, 1.82) is 0 Å². The molecule has 0 saturated carbocycles. The number of nitrogens with zero attached hydrogens (tertiary/aromatic N) is 3. The fourth-order valence-electron chi connectivity index (χ4n) is 2.03. The molecule has 0 aliphatic rings. The van der Waals surface area contributed by atoms with Crippen LogP contribution in [-0.4, -0.2) is 21.0 Å². The van der Waals surface area contributed by atoms with E-state index in [1.807, 2.05) is 6.07 Å². The molecule has 1 amide bonds. The Morgan fingerprint density at radius 3 is 2.72 bits per heavy atom. The Kier molecular flexibility index (Phi) is 4.59. The standard InChI is InChI=1S/C15H10ClN5O3S/c16-10-4-2-1-3-9(10)14-19-20-15(25-14)18-13(22)8-5-6-11(17)12(7-8)21(23)24/h1-7H,17H2,(H,18,20,22). The number of hydrogen-bond acceptors (Lipinski definition) is 7. The molecule has 1 heterocycles. The zero-order valence-electron chi connectivity index (χ0n) is 12.5. The summed E-state index contributed by atoms with van der Waals surface area (Å²) in [6, 6.07) is 10.9. The summed E-state index contributed by atoms with van der Waals surface area (Å²) in [4.78, 5) is 22.5. The van der Waals surface area contributed by atoms with Crippen LogP contribution in [0.3, 0.4) is 0 Å². The number of nitrogens with one attached hydrogen (secondary N) is 1. The lowest BCUT2D eigenvalue weighted by atomic mass is 10.1. The zero-order valence-corrected chi connectivity index (χ0v) is 14.0. The van der Waals surface area contributed by atoms with Crippen LogP contribution in [0.25, 0.3) is 10.6 Å². The minimum Gasteiger partial charge on any atom is -0.393 e. The second-order valence-corrected chi connectivity index (χ2v) is 6.26. The first-order valence-electron chi connectivity index (χ1n) is 6.89. The van der Waals surface area contributed by atoms with Gasteiger partial charge < -0.3 is 5.73 Å². The van der Waals surface area contributed by atoms with Gasteiger partial charge in [0.1, 0.15) is 5.69 Å². The lowest BCUT2D eigenvalue weighted by molar-refractivity contribution is -0.383. The van der Waals surface area contributed by atoms with Gasteiger partial charge >= 0.3 is 0 Å². The first-order valence-corrected chi connectivity index (χ1v) is 8.09. The molecular formula is C15H10ClN5O3S. The molecule has 0 fully saturated rings. The monoisotopic (exact) mass is 375 g/mol. The average Bonchev–Trinajstić information content (AvgIpc) is 3.03. The maximum absolute atomic E-state index is 12.3. The van der Waals surface area contributed by atoms with Gasteiger partial charge in [0.05, 0.1) is 9.95 Å². The lowest BCUT2D eigenvalue weighted by Gasteiger charge is -2.02. The molecule has 0 saturated heterocycles. The number of anilines is 2. The third kappa shape index (κ3) is 3.57. The minimum absolute atomic E-state index is 0.0153. The molecule has 25 heavy (non-hydrogen) atoms. The van der Waals surface area contributed by atoms with Crippen molar-refractivity contribution >= 4 is 45.4 Å². The van der Waals surface area contributed by atoms with Crippen molar-refractivity contribution in [2.24, 2.45) is 0 Å². The van der Waals surface area contributed by atoms with Crippen LogP contribution < -0.4 is 11.1 Å². The van der Waals surface area contributed by atoms with E-state index in [9.17, 15) is 14.9 Å². The van der Waals surface area contributed by atoms with Gasteiger partial charge in [-0.1, -0.05) is 41.1 Å². The van der Waals surface area contributed by atoms with Crippen molar-refractivity contribution < 1.29 is 9.72 Å². The Balaban J connectivity index is 1.82. The summed E-state index contributed by atoms with van der Waals surface area (Å²) in [6.45, 7) is 0. The molecule has 0 aliphatic carbocycles. The molecule has 126 valence electrons. The molecule has 2 aromatic carbocycles. The van der Waals surface area contributed by atoms with E-state index < -0.39 is 10.8 Å². The highest BCUT2D eigenvalue weighted by molar-refractivity contribution is 7.18. The van der Waals surface area contributed by atoms with Crippen LogP contribution in [0.1, 0.15) is 10.4 Å². The third-order valence-corrected chi connectivity index (χ3v) is 4.44. The van der Waals surface area contributed by atoms with E-state index in [-0.39, 0.29) is 22.1 Å². The normalized spacial score (nSPS) is 10.4. The molecule has 0 bridgehead atoms. The number of nitrogens with two attached hydrogens (primary N) is 1. The first-order chi connectivity index (χ1) is 12.0. The van der Waals surface area contributed by atoms with Crippen LogP contribution in [0.4, 0.5) is 16.5 Å². The number of carbonyl (C=O) groups is 1. The molecule has 0 aliphatic heterocycles. The molecule has 0 spiro atoms. The van der Waals surface area contributed by atoms with Crippen molar-refractivity contribution in [2.45, 2.75) is 0 Å². The maximum atomic E-state index is 12.3. The van der Waals surface area contributed by atoms with Crippen molar-refractivity contribution in [2.75, 3.05) is 11.1 Å². The van der Waals surface area contributed by atoms with Gasteiger partial charge in [-0.3, -0.25) is 20.2 Å². The SMILES string of the molecule is Nc1ccc(C(=O)Nc2nnc(-c3ccccc3Cl)s2)cc1[N+](=O)[O-]. The Morgan fingerprint density at radius 1 is 1.24 bits per heavy atom. The summed E-state index contributed by atoms with van der Waals surface area (Å²) in [5, 5.41) is 22.7. The minimum atomic E-state index is -0.646. The molecule has 3 rings (SSSR count). The summed E-state index contributed by atoms with van der Waals surface area (Å²) in [6.07, 6.45) is 0. The van der Waals surface area contributed by atoms with Crippen molar-refractivity contribution in [3.05, 3.63) is 63.2 Å². The van der Waals surface area contributed by atoms with Gasteiger partial charge in [-0.25, -0.2) is 0 Å². The zero-order chi connectivity index (χ0) is 18.0. The van der Waals surface area contributed by atoms with Gasteiger partial charge in [0.2, 0.25) is 5.13 Å². The second kappa shape index (κ2) is 6.83. The average molecular weight is 376 g/mol. The number of halogens is 1. The third-order valence-electron chi connectivity index (χ3n) is 3.24. The number of hydrogen-bond donors (Lipinski definition) is 2. The quantitative estimate of drug-likeness (QED) is 0.408. The number of amides is 1. The predicted octanol–water partition coefficient (Wildman–Crippen LogP) is 3.60. The van der Waals surface area contributed by atoms with Crippen LogP contribution in [0, 0.1) is 10.1 Å². The number of nitro groups is 1. The smallest absolute Gasteiger partial charge is 0.292 e. The van der Waals surface area contributed by atoms with E-state index in [1.54, 1.807) is 18.2 Å². The summed E-state index contributed by atoms with van der Waals surface area (Å²) in [5.74, 6) is -0.551. The summed E-state index contributed by atoms with van der Waals surface area (Å²) < 4.78 is 0. The summed E-state index contributed by atoms with van der Waals surface area (Å²) in [7, 11) is 0. The van der Waals surface area contributed by atoms with E-state index in [0.29, 0.717) is 15.6 Å². The highest BCUT2D eigenvalue weighted by Gasteiger charge is 2.17. The number of aromatic nitrogens is 2. The van der Waals surface area contributed by atoms with E-state index >= 15 is 0 Å². The Labute approximate surface area is 150 Å². The van der Waals surface area contributed by atoms with Crippen molar-refractivity contribution in [3.8, 4) is 10.6 Å². The Morgan fingerprint density at radius 2 is 2.00 bits per heavy atom. The summed E-state index contributed by atoms with van der Waals surface area (Å²) in [5.41, 5.74) is 5.96. The molecule has 0 unspecified atom stereocenters. The van der Waals surface area contributed by atoms with Crippen LogP contribution in [0.15, 0.2) is 42.5 Å². The molecule has 8 nitrogen and oxygen atoms in total. The Hall–Kier alpha value is -3.04. The van der Waals surface area contributed by atoms with Gasteiger partial charge in [0.15, 0.2) is 5.01 Å². The lowest BCUT2D eigenvalue weighted by Crippen LogP contribution is -2.12. The second-order valence-electron chi connectivity index (χ2n) is 4.88. The van der Waals surface area contributed by atoms with E-state index in [4.69, 9.17) is 17.3 Å². The Bertz CT molecular complexity index is 975. The molecule has 0 atom stereocenters. The van der Waals surface area contributed by atoms with Crippen LogP contribution in [-0.2, 0) is 0 Å². The number of rotatable bonds is 4. The van der Waals surface area contributed by atoms with Crippen LogP contribution in [0.2, 0.25) is 5.02 Å². The van der Waals surface area contributed by atoms with Crippen LogP contribution in [0.5, 0.6) is 0 Å². The van der Waals surface area contributed by atoms with Gasteiger partial charge in [-0.2, -0.15) is 0 Å². The molecule has 3 N–H and O–H groups in total. The maximum Gasteiger partial charge on any atom is 0.292 e. The van der Waals surface area contributed by atoms with Gasteiger partial charge in [-0.15, -0.1) is 10.2 Å². The largest absolute Gasteiger partial charge is 0.393 e. The molecule has 10 heteroatoms. The predicted molar refractivity (Wildman–Crippen MR) is 95.8 cm³/mol. The van der Waals surface area contributed by atoms with Crippen LogP contribution >= 0.6 is 22.9 Å². The highest BCUT2D eigenvalue weighted by Crippen LogP contribution is 2.32. The number of nitrogen functional groups attached to an aromatic ring is 1. The van der Waals surface area contributed by atoms with Crippen molar-refractivity contribution in [1.82, 2.24) is 10.2 Å². The van der Waals surface area contributed by atoms with E-state index in [0.717, 1.165) is 17.4 Å². The fourth-order valence-corrected chi connectivity index (χ4v) is 3.09. The van der Waals surface area contributed by atoms with Crippen molar-refractivity contribution in [3.63, 3.8) is 0 Å². The highest BCUT2D eigenvalue weighted by atomic mass is 35.5. The summed E-state index contributed by atoms with van der Waals surface area (Å²) >= 11 is 7.25. The first kappa shape index (κ1) is 16.8. The van der Waals surface area contributed by atoms with Gasteiger partial charge in [-0.05, 0) is 18.2 Å². The number of nitro benzene ring substituents is 1. The van der Waals surface area contributed by atoms with Gasteiger partial charge in [0.25, 0.3) is 11.6 Å². The van der Waals surface area contributed by atoms with Gasteiger partial charge in [0, 0.05) is 17.2 Å². The molecule has 0 radical (unpaired) electrons. The molecule has 3 aromatic rings. The van der Waals surface area contributed by atoms with E-state index in [1.165, 1.54) is 12.1 Å². The number of carbonyl (C=O) groups excluding carboxylic acids is 1. The fraction of sp³-hybridized carbons (Fsp3) is 0. The topological polar surface area (TPSA) is 124 Å². The van der Waals surface area contributed by atoms with E-state index in [2.05, 4.69) is 15.5 Å². The molecular weight excluding hydrogens is 366 g/mol. The molecule has 1 aromatic heterocycles. The number of benzene rings is 2.